The van der Waals surface area contributed by atoms with Gasteiger partial charge in [-0.3, -0.25) is 0 Å². The minimum Gasteiger partial charge on any atom is -0.497 e. The molecule has 4 N–H and O–H groups in total. The summed E-state index contributed by atoms with van der Waals surface area (Å²) in [5, 5.41) is 0. The summed E-state index contributed by atoms with van der Waals surface area (Å²) in [6.45, 7) is 0.526. The van der Waals surface area contributed by atoms with Crippen LogP contribution in [0.3, 0.4) is 0 Å². The van der Waals surface area contributed by atoms with Crippen LogP contribution >= 0.6 is 0 Å². The first-order chi connectivity index (χ1) is 8.74. The van der Waals surface area contributed by atoms with E-state index in [-0.39, 0.29) is 6.04 Å². The molecule has 2 aromatic carbocycles. The summed E-state index contributed by atoms with van der Waals surface area (Å²) >= 11 is 0. The Labute approximate surface area is 107 Å². The first kappa shape index (κ1) is 12.6. The molecule has 3 heteroatoms. The molecule has 0 spiro atoms. The van der Waals surface area contributed by atoms with Crippen LogP contribution < -0.4 is 16.2 Å². The summed E-state index contributed by atoms with van der Waals surface area (Å²) in [6, 6.07) is 15.7. The van der Waals surface area contributed by atoms with E-state index in [0.717, 1.165) is 22.4 Å². The van der Waals surface area contributed by atoms with E-state index < -0.39 is 0 Å². The molecule has 0 heterocycles. The second-order valence-electron chi connectivity index (χ2n) is 4.20. The summed E-state index contributed by atoms with van der Waals surface area (Å²) in [5.74, 6) is 0.818. The summed E-state index contributed by atoms with van der Waals surface area (Å²) in [7, 11) is 1.65. The van der Waals surface area contributed by atoms with Crippen LogP contribution in [0.15, 0.2) is 48.5 Å². The largest absolute Gasteiger partial charge is 0.497 e. The Morgan fingerprint density at radius 1 is 1.06 bits per heavy atom. The van der Waals surface area contributed by atoms with Gasteiger partial charge < -0.3 is 16.2 Å². The molecule has 0 fully saturated rings. The molecule has 0 aliphatic carbocycles. The van der Waals surface area contributed by atoms with E-state index in [4.69, 9.17) is 16.2 Å². The van der Waals surface area contributed by atoms with Crippen molar-refractivity contribution in [2.75, 3.05) is 7.11 Å². The molecule has 2 aromatic rings. The van der Waals surface area contributed by atoms with Gasteiger partial charge in [0.05, 0.1) is 13.2 Å². The number of nitrogens with two attached hydrogens (primary N) is 2. The van der Waals surface area contributed by atoms with Crippen LogP contribution in [0.25, 0.3) is 0 Å². The smallest absolute Gasteiger partial charge is 0.119 e. The second kappa shape index (κ2) is 5.67. The fourth-order valence-corrected chi connectivity index (χ4v) is 1.94. The lowest BCUT2D eigenvalue weighted by molar-refractivity contribution is 0.414. The predicted molar refractivity (Wildman–Crippen MR) is 73.4 cm³/mol. The molecule has 0 aromatic heterocycles. The van der Waals surface area contributed by atoms with Gasteiger partial charge in [-0.25, -0.2) is 0 Å². The van der Waals surface area contributed by atoms with Gasteiger partial charge in [0.25, 0.3) is 0 Å². The van der Waals surface area contributed by atoms with E-state index in [9.17, 15) is 0 Å². The van der Waals surface area contributed by atoms with Crippen molar-refractivity contribution in [3.05, 3.63) is 65.2 Å². The SMILES string of the molecule is COc1cccc(C(N)c2cccc(CN)c2)c1. The van der Waals surface area contributed by atoms with E-state index in [0.29, 0.717) is 6.54 Å². The van der Waals surface area contributed by atoms with Crippen LogP contribution in [-0.2, 0) is 6.54 Å². The van der Waals surface area contributed by atoms with Crippen LogP contribution in [0.4, 0.5) is 0 Å². The highest BCUT2D eigenvalue weighted by atomic mass is 16.5. The molecule has 0 radical (unpaired) electrons. The molecule has 0 saturated heterocycles. The topological polar surface area (TPSA) is 61.3 Å². The van der Waals surface area contributed by atoms with Gasteiger partial charge in [-0.2, -0.15) is 0 Å². The molecule has 18 heavy (non-hydrogen) atoms. The maximum absolute atomic E-state index is 6.27. The van der Waals surface area contributed by atoms with Crippen molar-refractivity contribution in [3.8, 4) is 5.75 Å². The molecule has 3 nitrogen and oxygen atoms in total. The predicted octanol–water partition coefficient (Wildman–Crippen LogP) is 2.20. The van der Waals surface area contributed by atoms with Gasteiger partial charge in [0, 0.05) is 6.54 Å². The Morgan fingerprint density at radius 2 is 1.72 bits per heavy atom. The number of hydrogen-bond acceptors (Lipinski definition) is 3. The van der Waals surface area contributed by atoms with Crippen molar-refractivity contribution in [1.29, 1.82) is 0 Å². The summed E-state index contributed by atoms with van der Waals surface area (Å²) in [6.07, 6.45) is 0. The minimum absolute atomic E-state index is 0.161. The van der Waals surface area contributed by atoms with Gasteiger partial charge >= 0.3 is 0 Å². The molecule has 0 saturated carbocycles. The van der Waals surface area contributed by atoms with Crippen LogP contribution in [0.2, 0.25) is 0 Å². The third-order valence-electron chi connectivity index (χ3n) is 3.00. The first-order valence-corrected chi connectivity index (χ1v) is 5.93. The summed E-state index contributed by atoms with van der Waals surface area (Å²) in [5.41, 5.74) is 15.1. The van der Waals surface area contributed by atoms with E-state index in [2.05, 4.69) is 0 Å². The van der Waals surface area contributed by atoms with Crippen LogP contribution in [0, 0.1) is 0 Å². The van der Waals surface area contributed by atoms with Crippen molar-refractivity contribution < 1.29 is 4.74 Å². The molecule has 2 rings (SSSR count). The highest BCUT2D eigenvalue weighted by molar-refractivity contribution is 5.37. The monoisotopic (exact) mass is 242 g/mol. The van der Waals surface area contributed by atoms with Crippen LogP contribution in [0.5, 0.6) is 5.75 Å². The van der Waals surface area contributed by atoms with Gasteiger partial charge in [-0.15, -0.1) is 0 Å². The third-order valence-corrected chi connectivity index (χ3v) is 3.00. The quantitative estimate of drug-likeness (QED) is 0.864. The van der Waals surface area contributed by atoms with E-state index in [1.54, 1.807) is 7.11 Å². The average Bonchev–Trinajstić information content (AvgIpc) is 2.46. The molecule has 0 aliphatic rings. The van der Waals surface area contributed by atoms with Crippen molar-refractivity contribution in [2.24, 2.45) is 11.5 Å². The molecule has 0 aliphatic heterocycles. The Hall–Kier alpha value is -1.84. The Morgan fingerprint density at radius 3 is 2.39 bits per heavy atom. The number of benzene rings is 2. The molecular formula is C15H18N2O. The van der Waals surface area contributed by atoms with Gasteiger partial charge in [0.15, 0.2) is 0 Å². The van der Waals surface area contributed by atoms with Crippen LogP contribution in [0.1, 0.15) is 22.7 Å². The lowest BCUT2D eigenvalue weighted by Gasteiger charge is -2.14. The maximum Gasteiger partial charge on any atom is 0.119 e. The van der Waals surface area contributed by atoms with Gasteiger partial charge in [-0.05, 0) is 28.8 Å². The minimum atomic E-state index is -0.161. The first-order valence-electron chi connectivity index (χ1n) is 5.93. The normalized spacial score (nSPS) is 12.2. The van der Waals surface area contributed by atoms with Gasteiger partial charge in [-0.1, -0.05) is 36.4 Å². The zero-order valence-electron chi connectivity index (χ0n) is 10.5. The fourth-order valence-electron chi connectivity index (χ4n) is 1.94. The Kier molecular flexibility index (Phi) is 3.97. The zero-order chi connectivity index (χ0) is 13.0. The van der Waals surface area contributed by atoms with Crippen molar-refractivity contribution >= 4 is 0 Å². The Balaban J connectivity index is 2.31. The number of ether oxygens (including phenoxy) is 1. The standard InChI is InChI=1S/C15H18N2O/c1-18-14-7-3-6-13(9-14)15(17)12-5-2-4-11(8-12)10-16/h2-9,15H,10,16-17H2,1H3. The lowest BCUT2D eigenvalue weighted by atomic mass is 9.98. The van der Waals surface area contributed by atoms with Crippen LogP contribution in [-0.4, -0.2) is 7.11 Å². The van der Waals surface area contributed by atoms with Gasteiger partial charge in [0.2, 0.25) is 0 Å². The number of rotatable bonds is 4. The highest BCUT2D eigenvalue weighted by Crippen LogP contribution is 2.23. The highest BCUT2D eigenvalue weighted by Gasteiger charge is 2.09. The molecular weight excluding hydrogens is 224 g/mol. The van der Waals surface area contributed by atoms with Crippen molar-refractivity contribution in [1.82, 2.24) is 0 Å². The summed E-state index contributed by atoms with van der Waals surface area (Å²) in [4.78, 5) is 0. The molecule has 0 bridgehead atoms. The number of methoxy groups -OCH3 is 1. The molecule has 1 atom stereocenters. The van der Waals surface area contributed by atoms with Crippen molar-refractivity contribution in [2.45, 2.75) is 12.6 Å². The van der Waals surface area contributed by atoms with Gasteiger partial charge in [0.1, 0.15) is 5.75 Å². The molecule has 94 valence electrons. The number of hydrogen-bond donors (Lipinski definition) is 2. The lowest BCUT2D eigenvalue weighted by Crippen LogP contribution is -2.12. The van der Waals surface area contributed by atoms with E-state index in [1.807, 2.05) is 48.5 Å². The second-order valence-corrected chi connectivity index (χ2v) is 4.20. The maximum atomic E-state index is 6.27. The fraction of sp³-hybridized carbons (Fsp3) is 0.200. The average molecular weight is 242 g/mol. The van der Waals surface area contributed by atoms with E-state index >= 15 is 0 Å². The van der Waals surface area contributed by atoms with Crippen molar-refractivity contribution in [3.63, 3.8) is 0 Å². The summed E-state index contributed by atoms with van der Waals surface area (Å²) < 4.78 is 5.21. The van der Waals surface area contributed by atoms with E-state index in [1.165, 1.54) is 0 Å². The Bertz CT molecular complexity index is 478. The third kappa shape index (κ3) is 2.70. The molecule has 1 unspecified atom stereocenters. The zero-order valence-corrected chi connectivity index (χ0v) is 10.5. The molecule has 0 amide bonds.